The lowest BCUT2D eigenvalue weighted by molar-refractivity contribution is -0.383. The predicted molar refractivity (Wildman–Crippen MR) is 122 cm³/mol. The molecule has 0 bridgehead atoms. The zero-order valence-electron chi connectivity index (χ0n) is 19.1. The van der Waals surface area contributed by atoms with Crippen molar-refractivity contribution in [2.45, 2.75) is 53.0 Å². The number of aryl methyl sites for hydroxylation is 1. The molecular formula is C21H23ClF3N2O7P. The van der Waals surface area contributed by atoms with Crippen LogP contribution in [0.4, 0.5) is 18.9 Å². The molecule has 0 saturated carbocycles. The summed E-state index contributed by atoms with van der Waals surface area (Å²) in [5.74, 6) is -1.47. The van der Waals surface area contributed by atoms with E-state index in [0.717, 1.165) is 12.1 Å². The first-order chi connectivity index (χ1) is 16.3. The van der Waals surface area contributed by atoms with Gasteiger partial charge in [0.15, 0.2) is 0 Å². The number of benzene rings is 1. The second kappa shape index (κ2) is 11.8. The fraction of sp³-hybridized carbons (Fsp3) is 0.429. The first-order valence-electron chi connectivity index (χ1n) is 10.4. The number of hydrogen-bond donors (Lipinski definition) is 0. The topological polar surface area (TPSA) is 118 Å². The van der Waals surface area contributed by atoms with Crippen LogP contribution in [0.2, 0.25) is 5.02 Å². The molecule has 14 heteroatoms. The smallest absolute Gasteiger partial charge is 0.417 e. The third kappa shape index (κ3) is 7.39. The van der Waals surface area contributed by atoms with Crippen LogP contribution < -0.4 is 10.0 Å². The van der Waals surface area contributed by atoms with Crippen LogP contribution in [0.25, 0.3) is 0 Å². The van der Waals surface area contributed by atoms with Crippen molar-refractivity contribution in [3.05, 3.63) is 50.7 Å². The molecule has 1 aromatic carbocycles. The molecule has 2 rings (SSSR count). The molecule has 1 aromatic heterocycles. The predicted octanol–water partition coefficient (Wildman–Crippen LogP) is 6.07. The number of nitro groups is 1. The molecule has 0 aliphatic heterocycles. The van der Waals surface area contributed by atoms with Crippen LogP contribution in [-0.4, -0.2) is 22.2 Å². The zero-order valence-corrected chi connectivity index (χ0v) is 20.9. The summed E-state index contributed by atoms with van der Waals surface area (Å²) >= 11 is 5.91. The fourth-order valence-corrected chi connectivity index (χ4v) is 4.22. The van der Waals surface area contributed by atoms with E-state index < -0.39 is 53.6 Å². The summed E-state index contributed by atoms with van der Waals surface area (Å²) < 4.78 is 67.8. The van der Waals surface area contributed by atoms with E-state index in [9.17, 15) is 32.6 Å². The van der Waals surface area contributed by atoms with Crippen molar-refractivity contribution in [2.75, 3.05) is 0 Å². The van der Waals surface area contributed by atoms with Crippen molar-refractivity contribution < 1.29 is 41.5 Å². The Hall–Kier alpha value is -2.69. The average Bonchev–Trinajstić information content (AvgIpc) is 2.78. The zero-order chi connectivity index (χ0) is 26.5. The molecule has 0 saturated heterocycles. The van der Waals surface area contributed by atoms with Crippen LogP contribution in [0.1, 0.15) is 45.2 Å². The van der Waals surface area contributed by atoms with Crippen molar-refractivity contribution in [3.63, 3.8) is 0 Å². The van der Waals surface area contributed by atoms with Gasteiger partial charge in [-0.2, -0.15) is 13.2 Å². The van der Waals surface area contributed by atoms with Crippen molar-refractivity contribution >= 4 is 36.6 Å². The molecule has 0 aliphatic rings. The normalized spacial score (nSPS) is 13.4. The molecule has 2 atom stereocenters. The molecule has 0 fully saturated rings. The highest BCUT2D eigenvalue weighted by molar-refractivity contribution is 7.48. The lowest BCUT2D eigenvalue weighted by Crippen LogP contribution is -2.25. The summed E-state index contributed by atoms with van der Waals surface area (Å²) in [6, 6.07) is 2.84. The van der Waals surface area contributed by atoms with Crippen LogP contribution in [0.3, 0.4) is 0 Å². The minimum Gasteiger partial charge on any atom is -0.437 e. The molecule has 9 nitrogen and oxygen atoms in total. The van der Waals surface area contributed by atoms with E-state index in [0.29, 0.717) is 12.3 Å². The number of alkyl halides is 3. The highest BCUT2D eigenvalue weighted by atomic mass is 35.5. The van der Waals surface area contributed by atoms with Crippen LogP contribution in [-0.2, 0) is 31.2 Å². The number of carbonyl (C=O) groups is 1. The maximum absolute atomic E-state index is 13.0. The molecule has 2 aromatic rings. The highest BCUT2D eigenvalue weighted by Crippen LogP contribution is 2.39. The molecule has 2 unspecified atom stereocenters. The van der Waals surface area contributed by atoms with Gasteiger partial charge < -0.3 is 9.47 Å². The van der Waals surface area contributed by atoms with Crippen molar-refractivity contribution in [2.24, 2.45) is 5.92 Å². The molecule has 0 aliphatic carbocycles. The Morgan fingerprint density at radius 1 is 1.26 bits per heavy atom. The number of hydrogen-bond acceptors (Lipinski definition) is 8. The number of halogens is 4. The van der Waals surface area contributed by atoms with Gasteiger partial charge in [-0.3, -0.25) is 24.0 Å². The van der Waals surface area contributed by atoms with Crippen LogP contribution in [0.5, 0.6) is 11.6 Å². The highest BCUT2D eigenvalue weighted by Gasteiger charge is 2.32. The second-order valence-corrected chi connectivity index (χ2v) is 9.32. The molecule has 0 radical (unpaired) electrons. The van der Waals surface area contributed by atoms with Gasteiger partial charge in [0.05, 0.1) is 10.5 Å². The Balaban J connectivity index is 2.49. The van der Waals surface area contributed by atoms with E-state index in [1.165, 1.54) is 0 Å². The summed E-state index contributed by atoms with van der Waals surface area (Å²) in [6.45, 7) is 6.50. The molecule has 0 N–H and O–H groups in total. The van der Waals surface area contributed by atoms with Crippen molar-refractivity contribution in [3.8, 4) is 11.6 Å². The van der Waals surface area contributed by atoms with E-state index in [4.69, 9.17) is 25.6 Å². The average molecular weight is 539 g/mol. The number of nitrogens with zero attached hydrogens (tertiary/aromatic N) is 2. The first kappa shape index (κ1) is 28.5. The Morgan fingerprint density at radius 3 is 2.40 bits per heavy atom. The minimum atomic E-state index is -4.67. The third-order valence-electron chi connectivity index (χ3n) is 4.62. The van der Waals surface area contributed by atoms with Gasteiger partial charge in [-0.05, 0) is 12.5 Å². The Kier molecular flexibility index (Phi) is 9.65. The third-order valence-corrected chi connectivity index (χ3v) is 6.18. The summed E-state index contributed by atoms with van der Waals surface area (Å²) in [5, 5.41) is 10.9. The van der Waals surface area contributed by atoms with Gasteiger partial charge in [0.25, 0.3) is 5.69 Å². The maximum atomic E-state index is 13.0. The van der Waals surface area contributed by atoms with E-state index in [1.807, 2.05) is 0 Å². The molecular weight excluding hydrogens is 516 g/mol. The number of esters is 1. The second-order valence-electron chi connectivity index (χ2n) is 7.56. The Morgan fingerprint density at radius 2 is 1.91 bits per heavy atom. The van der Waals surface area contributed by atoms with Crippen molar-refractivity contribution in [1.82, 2.24) is 4.98 Å². The van der Waals surface area contributed by atoms with Gasteiger partial charge in [-0.25, -0.2) is 4.98 Å². The molecule has 1 heterocycles. The van der Waals surface area contributed by atoms with Gasteiger partial charge in [0.1, 0.15) is 16.1 Å². The molecule has 192 valence electrons. The van der Waals surface area contributed by atoms with E-state index >= 15 is 0 Å². The SMILES string of the molecule is CCC(=O)OC(O[PH](=O)c1cc(Oc2ncc(C(F)(F)F)cc2Cl)c(CC)cc1[N+](=O)[O-])C(C)C. The quantitative estimate of drug-likeness (QED) is 0.118. The van der Waals surface area contributed by atoms with Crippen molar-refractivity contribution in [1.29, 1.82) is 0 Å². The maximum Gasteiger partial charge on any atom is 0.417 e. The number of pyridine rings is 1. The van der Waals surface area contributed by atoms with Crippen LogP contribution >= 0.6 is 19.6 Å². The summed E-state index contributed by atoms with van der Waals surface area (Å²) in [4.78, 5) is 26.2. The lowest BCUT2D eigenvalue weighted by Gasteiger charge is -2.21. The Labute approximate surface area is 204 Å². The van der Waals surface area contributed by atoms with Gasteiger partial charge in [-0.1, -0.05) is 39.3 Å². The van der Waals surface area contributed by atoms with Gasteiger partial charge in [0, 0.05) is 36.2 Å². The standard InChI is InChI=1S/C21H23ClF3N2O7P/c1-5-12-7-15(27(29)30)17(35(31)34-20(11(3)4)33-18(28)6-2)9-16(12)32-19-14(22)8-13(10-26-19)21(23,24)25/h7-11,20,35H,5-6H2,1-4H3. The largest absolute Gasteiger partial charge is 0.437 e. The van der Waals surface area contributed by atoms with Crippen LogP contribution in [0.15, 0.2) is 24.4 Å². The minimum absolute atomic E-state index is 0.0394. The molecule has 0 amide bonds. The fourth-order valence-electron chi connectivity index (χ4n) is 2.74. The molecule has 0 spiro atoms. The Bertz CT molecular complexity index is 1130. The van der Waals surface area contributed by atoms with E-state index in [2.05, 4.69) is 4.98 Å². The summed E-state index contributed by atoms with van der Waals surface area (Å²) in [5.41, 5.74) is -1.32. The van der Waals surface area contributed by atoms with Gasteiger partial charge in [0.2, 0.25) is 20.2 Å². The van der Waals surface area contributed by atoms with Gasteiger partial charge in [-0.15, -0.1) is 0 Å². The monoisotopic (exact) mass is 538 g/mol. The number of rotatable bonds is 10. The first-order valence-corrected chi connectivity index (χ1v) is 12.1. The van der Waals surface area contributed by atoms with E-state index in [1.54, 1.807) is 27.7 Å². The number of ether oxygens (including phenoxy) is 2. The lowest BCUT2D eigenvalue weighted by atomic mass is 10.1. The summed E-state index contributed by atoms with van der Waals surface area (Å²) in [7, 11) is -3.36. The molecule has 35 heavy (non-hydrogen) atoms. The van der Waals surface area contributed by atoms with E-state index in [-0.39, 0.29) is 35.3 Å². The number of nitro benzene ring substituents is 1. The number of aromatic nitrogens is 1. The van der Waals surface area contributed by atoms with Gasteiger partial charge >= 0.3 is 12.1 Å². The summed E-state index contributed by atoms with van der Waals surface area (Å²) in [6.07, 6.45) is -5.11. The van der Waals surface area contributed by atoms with Crippen LogP contribution in [0, 0.1) is 16.0 Å². The number of carbonyl (C=O) groups excluding carboxylic acids is 1.